The fraction of sp³-hybridized carbons (Fsp3) is 0.138. The first-order chi connectivity index (χ1) is 18.3. The molecule has 1 heterocycles. The van der Waals surface area contributed by atoms with Crippen molar-refractivity contribution in [3.05, 3.63) is 112 Å². The highest BCUT2D eigenvalue weighted by molar-refractivity contribution is 6.32. The number of hydrogen-bond acceptors (Lipinski definition) is 6. The summed E-state index contributed by atoms with van der Waals surface area (Å²) in [7, 11) is 3.32. The number of rotatable bonds is 8. The molecule has 0 spiro atoms. The molecule has 8 nitrogen and oxygen atoms in total. The van der Waals surface area contributed by atoms with Crippen molar-refractivity contribution in [3.8, 4) is 17.2 Å². The fourth-order valence-corrected chi connectivity index (χ4v) is 4.07. The van der Waals surface area contributed by atoms with Crippen molar-refractivity contribution in [2.24, 2.45) is 0 Å². The van der Waals surface area contributed by atoms with E-state index in [9.17, 15) is 19.8 Å². The van der Waals surface area contributed by atoms with E-state index in [2.05, 4.69) is 4.98 Å². The number of anilines is 1. The lowest BCUT2D eigenvalue weighted by Gasteiger charge is -2.24. The van der Waals surface area contributed by atoms with Gasteiger partial charge >= 0.3 is 0 Å². The summed E-state index contributed by atoms with van der Waals surface area (Å²) in [6, 6.07) is 19.9. The van der Waals surface area contributed by atoms with Gasteiger partial charge in [-0.25, -0.2) is 0 Å². The summed E-state index contributed by atoms with van der Waals surface area (Å²) in [6.07, 6.45) is 3.26. The van der Waals surface area contributed by atoms with Gasteiger partial charge in [0.2, 0.25) is 0 Å². The summed E-state index contributed by atoms with van der Waals surface area (Å²) in [5.41, 5.74) is 2.59. The Kier molecular flexibility index (Phi) is 8.13. The first-order valence-electron chi connectivity index (χ1n) is 11.7. The lowest BCUT2D eigenvalue weighted by atomic mass is 10.1. The van der Waals surface area contributed by atoms with Crippen molar-refractivity contribution in [2.75, 3.05) is 19.1 Å². The Labute approximate surface area is 225 Å². The lowest BCUT2D eigenvalue weighted by Crippen LogP contribution is -2.31. The van der Waals surface area contributed by atoms with Crippen molar-refractivity contribution in [1.82, 2.24) is 9.88 Å². The van der Waals surface area contributed by atoms with Crippen molar-refractivity contribution >= 4 is 29.1 Å². The molecule has 9 heteroatoms. The SMILES string of the molecule is COc1ccc(CN(C)C(=O)c2ccc(N(Cc3cccnc3)C(=O)c3cc(Cl)c(O)cc3O)cc2)cc1. The predicted molar refractivity (Wildman–Crippen MR) is 145 cm³/mol. The standard InChI is InChI=1S/C29H26ClN3O5/c1-32(17-19-5-11-23(38-2)12-6-19)28(36)21-7-9-22(10-8-21)33(18-20-4-3-13-31-16-20)29(37)24-14-25(30)27(35)15-26(24)34/h3-16,34-35H,17-18H2,1-2H3. The van der Waals surface area contributed by atoms with Gasteiger partial charge in [-0.1, -0.05) is 29.8 Å². The Hall–Kier alpha value is -4.56. The van der Waals surface area contributed by atoms with Crippen LogP contribution in [0.15, 0.2) is 85.2 Å². The zero-order valence-electron chi connectivity index (χ0n) is 20.8. The van der Waals surface area contributed by atoms with Gasteiger partial charge in [0.1, 0.15) is 17.2 Å². The van der Waals surface area contributed by atoms with Crippen LogP contribution < -0.4 is 9.64 Å². The van der Waals surface area contributed by atoms with E-state index in [4.69, 9.17) is 16.3 Å². The first-order valence-corrected chi connectivity index (χ1v) is 12.1. The van der Waals surface area contributed by atoms with Gasteiger partial charge in [0, 0.05) is 43.3 Å². The number of phenols is 2. The maximum Gasteiger partial charge on any atom is 0.262 e. The molecule has 2 N–H and O–H groups in total. The van der Waals surface area contributed by atoms with Gasteiger partial charge in [-0.2, -0.15) is 0 Å². The van der Waals surface area contributed by atoms with E-state index in [1.54, 1.807) is 61.8 Å². The number of methoxy groups -OCH3 is 1. The van der Waals surface area contributed by atoms with E-state index in [-0.39, 0.29) is 28.8 Å². The molecule has 0 fully saturated rings. The Morgan fingerprint density at radius 1 is 0.895 bits per heavy atom. The average Bonchev–Trinajstić information content (AvgIpc) is 2.94. The number of carbonyl (C=O) groups excluding carboxylic acids is 2. The van der Waals surface area contributed by atoms with E-state index in [1.165, 1.54) is 11.0 Å². The number of amides is 2. The number of nitrogens with zero attached hydrogens (tertiary/aromatic N) is 3. The molecule has 0 saturated heterocycles. The number of aromatic nitrogens is 1. The number of carbonyl (C=O) groups is 2. The lowest BCUT2D eigenvalue weighted by molar-refractivity contribution is 0.0785. The average molecular weight is 532 g/mol. The van der Waals surface area contributed by atoms with Gasteiger partial charge in [-0.3, -0.25) is 14.6 Å². The molecule has 0 bridgehead atoms. The van der Waals surface area contributed by atoms with Gasteiger partial charge in [-0.05, 0) is 59.7 Å². The van der Waals surface area contributed by atoms with E-state index in [1.807, 2.05) is 30.3 Å². The van der Waals surface area contributed by atoms with Crippen LogP contribution in [0.4, 0.5) is 5.69 Å². The quantitative estimate of drug-likeness (QED) is 0.321. The monoisotopic (exact) mass is 531 g/mol. The van der Waals surface area contributed by atoms with Crippen LogP contribution in [0.5, 0.6) is 17.2 Å². The summed E-state index contributed by atoms with van der Waals surface area (Å²) < 4.78 is 5.18. The minimum absolute atomic E-state index is 0.0617. The van der Waals surface area contributed by atoms with Crippen LogP contribution >= 0.6 is 11.6 Å². The topological polar surface area (TPSA) is 103 Å². The smallest absolute Gasteiger partial charge is 0.262 e. The van der Waals surface area contributed by atoms with Crippen LogP contribution in [0.25, 0.3) is 0 Å². The molecule has 4 aromatic rings. The third-order valence-electron chi connectivity index (χ3n) is 5.96. The number of aromatic hydroxyl groups is 2. The minimum atomic E-state index is -0.538. The molecule has 0 aliphatic heterocycles. The normalized spacial score (nSPS) is 10.6. The van der Waals surface area contributed by atoms with E-state index < -0.39 is 11.7 Å². The Morgan fingerprint density at radius 3 is 2.24 bits per heavy atom. The second-order valence-electron chi connectivity index (χ2n) is 8.63. The number of pyridine rings is 1. The molecule has 0 atom stereocenters. The van der Waals surface area contributed by atoms with E-state index in [0.29, 0.717) is 17.8 Å². The number of benzene rings is 3. The summed E-state index contributed by atoms with van der Waals surface area (Å²) >= 11 is 6.01. The predicted octanol–water partition coefficient (Wildman–Crippen LogP) is 5.27. The van der Waals surface area contributed by atoms with Crippen molar-refractivity contribution < 1.29 is 24.5 Å². The van der Waals surface area contributed by atoms with Gasteiger partial charge in [0.05, 0.1) is 24.2 Å². The third-order valence-corrected chi connectivity index (χ3v) is 6.26. The molecule has 0 aliphatic rings. The maximum atomic E-state index is 13.5. The van der Waals surface area contributed by atoms with Crippen LogP contribution in [0.1, 0.15) is 31.8 Å². The summed E-state index contributed by atoms with van der Waals surface area (Å²) in [5.74, 6) is -0.711. The molecule has 3 aromatic carbocycles. The molecule has 194 valence electrons. The van der Waals surface area contributed by atoms with Crippen molar-refractivity contribution in [1.29, 1.82) is 0 Å². The van der Waals surface area contributed by atoms with Crippen LogP contribution in [-0.2, 0) is 13.1 Å². The van der Waals surface area contributed by atoms with Crippen molar-refractivity contribution in [2.45, 2.75) is 13.1 Å². The van der Waals surface area contributed by atoms with E-state index in [0.717, 1.165) is 22.9 Å². The largest absolute Gasteiger partial charge is 0.507 e. The van der Waals surface area contributed by atoms with Gasteiger partial charge < -0.3 is 24.7 Å². The number of halogens is 1. The second-order valence-corrected chi connectivity index (χ2v) is 9.04. The molecule has 0 saturated carbocycles. The highest BCUT2D eigenvalue weighted by Gasteiger charge is 2.23. The minimum Gasteiger partial charge on any atom is -0.507 e. The van der Waals surface area contributed by atoms with E-state index >= 15 is 0 Å². The number of ether oxygens (including phenoxy) is 1. The zero-order chi connectivity index (χ0) is 27.2. The third kappa shape index (κ3) is 6.04. The summed E-state index contributed by atoms with van der Waals surface area (Å²) in [5, 5.41) is 20.1. The highest BCUT2D eigenvalue weighted by atomic mass is 35.5. The summed E-state index contributed by atoms with van der Waals surface area (Å²) in [6.45, 7) is 0.562. The van der Waals surface area contributed by atoms with Gasteiger partial charge in [0.25, 0.3) is 11.8 Å². The van der Waals surface area contributed by atoms with Gasteiger partial charge in [0.15, 0.2) is 0 Å². The molecular weight excluding hydrogens is 506 g/mol. The molecule has 4 rings (SSSR count). The first kappa shape index (κ1) is 26.5. The van der Waals surface area contributed by atoms with Crippen LogP contribution in [0, 0.1) is 0 Å². The van der Waals surface area contributed by atoms with Crippen molar-refractivity contribution in [3.63, 3.8) is 0 Å². The molecule has 1 aromatic heterocycles. The Balaban J connectivity index is 1.58. The van der Waals surface area contributed by atoms with Crippen LogP contribution in [-0.4, -0.2) is 46.1 Å². The fourth-order valence-electron chi connectivity index (χ4n) is 3.90. The molecule has 0 radical (unpaired) electrons. The molecule has 0 aliphatic carbocycles. The molecule has 2 amide bonds. The Morgan fingerprint density at radius 2 is 1.61 bits per heavy atom. The van der Waals surface area contributed by atoms with Crippen LogP contribution in [0.2, 0.25) is 5.02 Å². The number of hydrogen-bond donors (Lipinski definition) is 2. The molecule has 38 heavy (non-hydrogen) atoms. The van der Waals surface area contributed by atoms with Crippen LogP contribution in [0.3, 0.4) is 0 Å². The summed E-state index contributed by atoms with van der Waals surface area (Å²) in [4.78, 5) is 33.7. The molecular formula is C29H26ClN3O5. The number of phenolic OH excluding ortho intramolecular Hbond substituents is 2. The highest BCUT2D eigenvalue weighted by Crippen LogP contribution is 2.33. The Bertz CT molecular complexity index is 1430. The van der Waals surface area contributed by atoms with Gasteiger partial charge in [-0.15, -0.1) is 0 Å². The zero-order valence-corrected chi connectivity index (χ0v) is 21.6. The maximum absolute atomic E-state index is 13.5. The second kappa shape index (κ2) is 11.7. The molecule has 0 unspecified atom stereocenters.